The number of aromatic carboxylic acids is 1. The Morgan fingerprint density at radius 2 is 2.24 bits per heavy atom. The minimum atomic E-state index is -0.931. The Kier molecular flexibility index (Phi) is 3.82. The topological polar surface area (TPSA) is 55.1 Å². The predicted octanol–water partition coefficient (Wildman–Crippen LogP) is 2.72. The fourth-order valence-electron chi connectivity index (χ4n) is 2.64. The van der Waals surface area contributed by atoms with Crippen molar-refractivity contribution >= 4 is 5.97 Å². The van der Waals surface area contributed by atoms with Crippen LogP contribution >= 0.6 is 0 Å². The van der Waals surface area contributed by atoms with Crippen LogP contribution in [0.5, 0.6) is 0 Å². The van der Waals surface area contributed by atoms with Gasteiger partial charge in [0.05, 0.1) is 0 Å². The molecule has 94 valence electrons. The Hall–Kier alpha value is -1.32. The number of aromatic nitrogens is 2. The summed E-state index contributed by atoms with van der Waals surface area (Å²) in [5, 5.41) is 13.1. The van der Waals surface area contributed by atoms with E-state index in [9.17, 15) is 4.79 Å². The summed E-state index contributed by atoms with van der Waals surface area (Å²) < 4.78 is 1.88. The molecule has 1 fully saturated rings. The van der Waals surface area contributed by atoms with Crippen LogP contribution in [0.25, 0.3) is 0 Å². The van der Waals surface area contributed by atoms with E-state index in [1.54, 1.807) is 6.07 Å². The van der Waals surface area contributed by atoms with Crippen molar-refractivity contribution < 1.29 is 9.90 Å². The van der Waals surface area contributed by atoms with Gasteiger partial charge in [0.15, 0.2) is 5.69 Å². The van der Waals surface area contributed by atoms with Crippen molar-refractivity contribution in [2.75, 3.05) is 0 Å². The average molecular weight is 236 g/mol. The lowest BCUT2D eigenvalue weighted by molar-refractivity contribution is 0.0689. The highest BCUT2D eigenvalue weighted by Crippen LogP contribution is 2.28. The van der Waals surface area contributed by atoms with Crippen LogP contribution in [0.2, 0.25) is 0 Å². The van der Waals surface area contributed by atoms with Crippen LogP contribution in [0.3, 0.4) is 0 Å². The number of aryl methyl sites for hydroxylation is 2. The summed E-state index contributed by atoms with van der Waals surface area (Å²) in [5.41, 5.74) is 1.20. The number of carboxylic acids is 1. The van der Waals surface area contributed by atoms with Crippen LogP contribution in [0, 0.1) is 5.92 Å². The first-order valence-corrected chi connectivity index (χ1v) is 6.50. The third-order valence-electron chi connectivity index (χ3n) is 3.67. The number of hydrogen-bond donors (Lipinski definition) is 1. The van der Waals surface area contributed by atoms with Gasteiger partial charge < -0.3 is 5.11 Å². The molecule has 1 aliphatic carbocycles. The highest BCUT2D eigenvalue weighted by atomic mass is 16.4. The molecule has 1 aromatic rings. The van der Waals surface area contributed by atoms with E-state index in [4.69, 9.17) is 5.11 Å². The van der Waals surface area contributed by atoms with Gasteiger partial charge in [0.25, 0.3) is 0 Å². The van der Waals surface area contributed by atoms with E-state index in [-0.39, 0.29) is 5.69 Å². The highest BCUT2D eigenvalue weighted by molar-refractivity contribution is 5.85. The molecule has 1 heterocycles. The largest absolute Gasteiger partial charge is 0.476 e. The number of rotatable bonds is 5. The lowest BCUT2D eigenvalue weighted by Crippen LogP contribution is -2.09. The van der Waals surface area contributed by atoms with Gasteiger partial charge in [-0.05, 0) is 24.8 Å². The molecule has 0 saturated heterocycles. The maximum atomic E-state index is 10.9. The lowest BCUT2D eigenvalue weighted by atomic mass is 10.0. The number of carbonyl (C=O) groups is 1. The summed E-state index contributed by atoms with van der Waals surface area (Å²) in [6.07, 6.45) is 7.33. The van der Waals surface area contributed by atoms with Crippen LogP contribution < -0.4 is 0 Å². The molecule has 0 unspecified atom stereocenters. The molecule has 2 rings (SSSR count). The standard InChI is InChI=1S/C13H20N2O2/c1-2-11-9-12(13(16)17)14-15(11)8-7-10-5-3-4-6-10/h9-10H,2-8H2,1H3,(H,16,17). The molecule has 0 aromatic carbocycles. The van der Waals surface area contributed by atoms with Gasteiger partial charge in [0.1, 0.15) is 0 Å². The fourth-order valence-corrected chi connectivity index (χ4v) is 2.64. The first-order valence-electron chi connectivity index (χ1n) is 6.50. The van der Waals surface area contributed by atoms with Crippen molar-refractivity contribution in [2.45, 2.75) is 52.0 Å². The molecule has 1 N–H and O–H groups in total. The molecule has 4 heteroatoms. The lowest BCUT2D eigenvalue weighted by Gasteiger charge is -2.10. The molecule has 17 heavy (non-hydrogen) atoms. The Bertz CT molecular complexity index is 392. The fraction of sp³-hybridized carbons (Fsp3) is 0.692. The number of nitrogens with zero attached hydrogens (tertiary/aromatic N) is 2. The zero-order valence-corrected chi connectivity index (χ0v) is 10.4. The van der Waals surface area contributed by atoms with Gasteiger partial charge in [-0.3, -0.25) is 4.68 Å². The van der Waals surface area contributed by atoms with Crippen LogP contribution in [0.4, 0.5) is 0 Å². The van der Waals surface area contributed by atoms with E-state index < -0.39 is 5.97 Å². The van der Waals surface area contributed by atoms with E-state index in [0.717, 1.165) is 31.0 Å². The highest BCUT2D eigenvalue weighted by Gasteiger charge is 2.17. The Balaban J connectivity index is 2.00. The molecule has 0 radical (unpaired) electrons. The van der Waals surface area contributed by atoms with Gasteiger partial charge in [0.2, 0.25) is 0 Å². The molecule has 0 aliphatic heterocycles. The van der Waals surface area contributed by atoms with E-state index in [0.29, 0.717) is 0 Å². The minimum absolute atomic E-state index is 0.174. The summed E-state index contributed by atoms with van der Waals surface area (Å²) in [7, 11) is 0. The van der Waals surface area contributed by atoms with Gasteiger partial charge in [-0.15, -0.1) is 0 Å². The molecule has 1 aliphatic rings. The first-order chi connectivity index (χ1) is 8.20. The maximum absolute atomic E-state index is 10.9. The zero-order valence-electron chi connectivity index (χ0n) is 10.4. The van der Waals surface area contributed by atoms with Gasteiger partial charge in [0, 0.05) is 12.2 Å². The van der Waals surface area contributed by atoms with E-state index in [2.05, 4.69) is 5.10 Å². The third-order valence-corrected chi connectivity index (χ3v) is 3.67. The zero-order chi connectivity index (χ0) is 12.3. The summed E-state index contributed by atoms with van der Waals surface area (Å²) in [6.45, 7) is 2.90. The average Bonchev–Trinajstić information content (AvgIpc) is 2.95. The van der Waals surface area contributed by atoms with Crippen LogP contribution in [-0.2, 0) is 13.0 Å². The normalized spacial score (nSPS) is 16.5. The third kappa shape index (κ3) is 2.87. The summed E-state index contributed by atoms with van der Waals surface area (Å²) in [5.74, 6) is -0.114. The minimum Gasteiger partial charge on any atom is -0.476 e. The van der Waals surface area contributed by atoms with Crippen molar-refractivity contribution in [1.82, 2.24) is 9.78 Å². The Morgan fingerprint density at radius 3 is 2.82 bits per heavy atom. The van der Waals surface area contributed by atoms with Crippen molar-refractivity contribution in [3.05, 3.63) is 17.5 Å². The van der Waals surface area contributed by atoms with Gasteiger partial charge in [-0.1, -0.05) is 32.6 Å². The van der Waals surface area contributed by atoms with E-state index >= 15 is 0 Å². The Labute approximate surface area is 102 Å². The summed E-state index contributed by atoms with van der Waals surface area (Å²) in [6, 6.07) is 1.69. The monoisotopic (exact) mass is 236 g/mol. The molecule has 0 spiro atoms. The molecule has 1 aromatic heterocycles. The SMILES string of the molecule is CCc1cc(C(=O)O)nn1CCC1CCCC1. The molecular formula is C13H20N2O2. The molecular weight excluding hydrogens is 216 g/mol. The second-order valence-corrected chi connectivity index (χ2v) is 4.84. The number of carboxylic acid groups (broad SMARTS) is 1. The maximum Gasteiger partial charge on any atom is 0.356 e. The molecule has 0 atom stereocenters. The van der Waals surface area contributed by atoms with Crippen molar-refractivity contribution in [3.63, 3.8) is 0 Å². The number of hydrogen-bond acceptors (Lipinski definition) is 2. The van der Waals surface area contributed by atoms with Crippen LogP contribution in [0.15, 0.2) is 6.07 Å². The summed E-state index contributed by atoms with van der Waals surface area (Å²) in [4.78, 5) is 10.9. The first kappa shape index (κ1) is 12.1. The van der Waals surface area contributed by atoms with Gasteiger partial charge >= 0.3 is 5.97 Å². The summed E-state index contributed by atoms with van der Waals surface area (Å²) >= 11 is 0. The molecule has 0 bridgehead atoms. The van der Waals surface area contributed by atoms with Gasteiger partial charge in [-0.2, -0.15) is 5.10 Å². The van der Waals surface area contributed by atoms with Crippen molar-refractivity contribution in [3.8, 4) is 0 Å². The second-order valence-electron chi connectivity index (χ2n) is 4.84. The molecule has 4 nitrogen and oxygen atoms in total. The van der Waals surface area contributed by atoms with Crippen LogP contribution in [0.1, 0.15) is 55.2 Å². The van der Waals surface area contributed by atoms with E-state index in [1.807, 2.05) is 11.6 Å². The predicted molar refractivity (Wildman–Crippen MR) is 65.1 cm³/mol. The Morgan fingerprint density at radius 1 is 1.53 bits per heavy atom. The quantitative estimate of drug-likeness (QED) is 0.855. The van der Waals surface area contributed by atoms with Crippen molar-refractivity contribution in [2.24, 2.45) is 5.92 Å². The smallest absolute Gasteiger partial charge is 0.356 e. The second kappa shape index (κ2) is 5.34. The molecule has 0 amide bonds. The van der Waals surface area contributed by atoms with Crippen LogP contribution in [-0.4, -0.2) is 20.9 Å². The molecule has 1 saturated carbocycles. The van der Waals surface area contributed by atoms with E-state index in [1.165, 1.54) is 25.7 Å². The van der Waals surface area contributed by atoms with Crippen molar-refractivity contribution in [1.29, 1.82) is 0 Å². The van der Waals surface area contributed by atoms with Gasteiger partial charge in [-0.25, -0.2) is 4.79 Å².